The molecule has 3 heterocycles. The molecule has 5 rings (SSSR count). The van der Waals surface area contributed by atoms with Crippen LogP contribution in [0.2, 0.25) is 5.02 Å². The van der Waals surface area contributed by atoms with E-state index < -0.39 is 0 Å². The van der Waals surface area contributed by atoms with Crippen LogP contribution in [0.1, 0.15) is 38.2 Å². The largest absolute Gasteiger partial charge is 0.365 e. The van der Waals surface area contributed by atoms with Gasteiger partial charge in [-0.1, -0.05) is 47.1 Å². The smallest absolute Gasteiger partial charge is 0.276 e. The molecule has 0 unspecified atom stereocenters. The van der Waals surface area contributed by atoms with Crippen molar-refractivity contribution in [2.24, 2.45) is 0 Å². The molecule has 0 radical (unpaired) electrons. The fourth-order valence-corrected chi connectivity index (χ4v) is 4.21. The first-order valence-corrected chi connectivity index (χ1v) is 10.9. The van der Waals surface area contributed by atoms with Crippen molar-refractivity contribution in [3.05, 3.63) is 82.1 Å². The van der Waals surface area contributed by atoms with Crippen molar-refractivity contribution in [3.63, 3.8) is 0 Å². The normalized spacial score (nSPS) is 18.3. The van der Waals surface area contributed by atoms with Gasteiger partial charge in [0.25, 0.3) is 11.8 Å². The highest BCUT2D eigenvalue weighted by atomic mass is 35.5. The molecule has 0 bridgehead atoms. The maximum atomic E-state index is 13.1. The Hall–Kier alpha value is -3.23. The average Bonchev–Trinajstić information content (AvgIpc) is 3.27. The van der Waals surface area contributed by atoms with Crippen molar-refractivity contribution in [2.45, 2.75) is 19.3 Å². The minimum atomic E-state index is -0.174. The summed E-state index contributed by atoms with van der Waals surface area (Å²) in [4.78, 5) is 29.2. The van der Waals surface area contributed by atoms with Gasteiger partial charge in [-0.05, 0) is 29.8 Å². The minimum Gasteiger partial charge on any atom is -0.365 e. The molecule has 2 aliphatic rings. The van der Waals surface area contributed by atoms with Gasteiger partial charge in [0.05, 0.1) is 18.8 Å². The van der Waals surface area contributed by atoms with E-state index in [4.69, 9.17) is 16.3 Å². The molecule has 0 saturated carbocycles. The summed E-state index contributed by atoms with van der Waals surface area (Å²) in [6.07, 6.45) is -0.169. The fraction of sp³-hybridized carbons (Fsp3) is 0.304. The van der Waals surface area contributed by atoms with Crippen LogP contribution in [0.25, 0.3) is 0 Å². The topological polar surface area (TPSA) is 80.6 Å². The monoisotopic (exact) mass is 451 g/mol. The average molecular weight is 452 g/mol. The van der Waals surface area contributed by atoms with Gasteiger partial charge in [-0.3, -0.25) is 9.59 Å². The highest BCUT2D eigenvalue weighted by molar-refractivity contribution is 6.30. The van der Waals surface area contributed by atoms with E-state index in [0.717, 1.165) is 5.56 Å². The molecule has 9 heteroatoms. The van der Waals surface area contributed by atoms with E-state index in [1.54, 1.807) is 26.6 Å². The molecule has 2 aromatic carbocycles. The van der Waals surface area contributed by atoms with Gasteiger partial charge in [0.15, 0.2) is 5.69 Å². The van der Waals surface area contributed by atoms with Gasteiger partial charge in [-0.25, -0.2) is 4.68 Å². The Bertz CT molecular complexity index is 1120. The number of carbonyl (C=O) groups is 2. The predicted molar refractivity (Wildman–Crippen MR) is 117 cm³/mol. The number of rotatable bonds is 3. The Morgan fingerprint density at radius 1 is 0.906 bits per heavy atom. The molecule has 1 saturated heterocycles. The molecular formula is C23H22ClN5O3. The molecule has 2 aliphatic heterocycles. The van der Waals surface area contributed by atoms with E-state index in [1.165, 1.54) is 0 Å². The van der Waals surface area contributed by atoms with E-state index >= 15 is 0 Å². The molecular weight excluding hydrogens is 430 g/mol. The summed E-state index contributed by atoms with van der Waals surface area (Å²) < 4.78 is 7.74. The summed E-state index contributed by atoms with van der Waals surface area (Å²) in [5.74, 6) is -0.188. The zero-order chi connectivity index (χ0) is 22.1. The summed E-state index contributed by atoms with van der Waals surface area (Å²) in [6, 6.07) is 16.7. The van der Waals surface area contributed by atoms with Gasteiger partial charge in [0.2, 0.25) is 0 Å². The van der Waals surface area contributed by atoms with Crippen LogP contribution >= 0.6 is 11.6 Å². The first-order valence-electron chi connectivity index (χ1n) is 10.5. The van der Waals surface area contributed by atoms with E-state index in [2.05, 4.69) is 10.3 Å². The van der Waals surface area contributed by atoms with Gasteiger partial charge in [0.1, 0.15) is 6.10 Å². The van der Waals surface area contributed by atoms with Crippen LogP contribution in [-0.2, 0) is 17.9 Å². The Kier molecular flexibility index (Phi) is 5.63. The number of ether oxygens (including phenoxy) is 1. The summed E-state index contributed by atoms with van der Waals surface area (Å²) in [5, 5.41) is 9.03. The third-order valence-corrected chi connectivity index (χ3v) is 6.17. The third kappa shape index (κ3) is 3.99. The number of benzene rings is 2. The molecule has 0 spiro atoms. The van der Waals surface area contributed by atoms with Crippen LogP contribution in [0.5, 0.6) is 0 Å². The fourth-order valence-electron chi connectivity index (χ4n) is 4.08. The number of fused-ring (bicyclic) bond motifs is 1. The second kappa shape index (κ2) is 8.72. The molecule has 3 aromatic rings. The summed E-state index contributed by atoms with van der Waals surface area (Å²) in [6.45, 7) is 2.62. The Labute approximate surface area is 190 Å². The number of hydrogen-bond acceptors (Lipinski definition) is 5. The minimum absolute atomic E-state index is 0.0135. The zero-order valence-electron chi connectivity index (χ0n) is 17.4. The molecule has 164 valence electrons. The number of halogens is 1. The highest BCUT2D eigenvalue weighted by Gasteiger charge is 2.32. The molecule has 1 fully saturated rings. The number of carbonyl (C=O) groups excluding carboxylic acids is 2. The van der Waals surface area contributed by atoms with Gasteiger partial charge in [-0.15, -0.1) is 5.10 Å². The molecule has 1 atom stereocenters. The van der Waals surface area contributed by atoms with Crippen molar-refractivity contribution in [1.29, 1.82) is 0 Å². The van der Waals surface area contributed by atoms with Crippen LogP contribution in [-0.4, -0.2) is 62.8 Å². The van der Waals surface area contributed by atoms with Gasteiger partial charge >= 0.3 is 0 Å². The second-order valence-corrected chi connectivity index (χ2v) is 8.30. The standard InChI is InChI=1S/C23H22ClN5O3/c24-18-8-6-16(7-9-18)20-14-29-19(15-32-20)21(25-26-29)23(31)28-12-10-27(11-13-28)22(30)17-4-2-1-3-5-17/h1-9,20H,10-15H2/t20-/m1/s1. The van der Waals surface area contributed by atoms with Gasteiger partial charge < -0.3 is 14.5 Å². The number of aromatic nitrogens is 3. The van der Waals surface area contributed by atoms with E-state index in [1.807, 2.05) is 42.5 Å². The lowest BCUT2D eigenvalue weighted by Gasteiger charge is -2.34. The van der Waals surface area contributed by atoms with E-state index in [0.29, 0.717) is 54.7 Å². The number of hydrogen-bond donors (Lipinski definition) is 0. The zero-order valence-corrected chi connectivity index (χ0v) is 18.1. The van der Waals surface area contributed by atoms with Crippen LogP contribution in [0.3, 0.4) is 0 Å². The molecule has 0 N–H and O–H groups in total. The number of piperazine rings is 1. The molecule has 32 heavy (non-hydrogen) atoms. The van der Waals surface area contributed by atoms with E-state index in [9.17, 15) is 9.59 Å². The number of amides is 2. The Morgan fingerprint density at radius 2 is 1.56 bits per heavy atom. The first-order chi connectivity index (χ1) is 15.6. The molecule has 1 aromatic heterocycles. The lowest BCUT2D eigenvalue weighted by molar-refractivity contribution is -0.00202. The summed E-state index contributed by atoms with van der Waals surface area (Å²) in [5.41, 5.74) is 2.67. The highest BCUT2D eigenvalue weighted by Crippen LogP contribution is 2.28. The summed E-state index contributed by atoms with van der Waals surface area (Å²) >= 11 is 5.97. The first kappa shape index (κ1) is 20.7. The molecule has 2 amide bonds. The van der Waals surface area contributed by atoms with Crippen molar-refractivity contribution in [2.75, 3.05) is 26.2 Å². The molecule has 8 nitrogen and oxygen atoms in total. The van der Waals surface area contributed by atoms with Crippen molar-refractivity contribution >= 4 is 23.4 Å². The molecule has 0 aliphatic carbocycles. The third-order valence-electron chi connectivity index (χ3n) is 5.92. The lowest BCUT2D eigenvalue weighted by Crippen LogP contribution is -2.50. The van der Waals surface area contributed by atoms with Crippen LogP contribution in [0.15, 0.2) is 54.6 Å². The Balaban J connectivity index is 1.23. The number of nitrogens with zero attached hydrogens (tertiary/aromatic N) is 5. The maximum absolute atomic E-state index is 13.1. The van der Waals surface area contributed by atoms with Crippen molar-refractivity contribution in [3.8, 4) is 0 Å². The SMILES string of the molecule is O=C(c1ccccc1)N1CCN(C(=O)c2nnn3c2CO[C@@H](c2ccc(Cl)cc2)C3)CC1. The quantitative estimate of drug-likeness (QED) is 0.611. The lowest BCUT2D eigenvalue weighted by atomic mass is 10.1. The Morgan fingerprint density at radius 3 is 2.25 bits per heavy atom. The van der Waals surface area contributed by atoms with Crippen molar-refractivity contribution < 1.29 is 14.3 Å². The van der Waals surface area contributed by atoms with Crippen molar-refractivity contribution in [1.82, 2.24) is 24.8 Å². The van der Waals surface area contributed by atoms with Crippen LogP contribution in [0.4, 0.5) is 0 Å². The van der Waals surface area contributed by atoms with Crippen LogP contribution in [0, 0.1) is 0 Å². The van der Waals surface area contributed by atoms with Gasteiger partial charge in [0, 0.05) is 36.8 Å². The van der Waals surface area contributed by atoms with E-state index in [-0.39, 0.29) is 24.5 Å². The second-order valence-electron chi connectivity index (χ2n) is 7.87. The van der Waals surface area contributed by atoms with Gasteiger partial charge in [-0.2, -0.15) is 0 Å². The summed E-state index contributed by atoms with van der Waals surface area (Å²) in [7, 11) is 0. The predicted octanol–water partition coefficient (Wildman–Crippen LogP) is 2.80. The van der Waals surface area contributed by atoms with Crippen LogP contribution < -0.4 is 0 Å². The maximum Gasteiger partial charge on any atom is 0.276 e.